The van der Waals surface area contributed by atoms with Gasteiger partial charge >= 0.3 is 0 Å². The SMILES string of the molecule is COC1(c2ccnc(C(N)=O)c2)[C@@H]2CCC[C@H]1CN(C(C)(C)C)C2. The molecule has 5 nitrogen and oxygen atoms in total. The molecule has 1 aromatic heterocycles. The predicted octanol–water partition coefficient (Wildman–Crippen LogP) is 2.55. The number of methoxy groups -OCH3 is 1. The Labute approximate surface area is 144 Å². The number of ether oxygens (including phenoxy) is 1. The number of pyridine rings is 1. The Kier molecular flexibility index (Phi) is 4.43. The van der Waals surface area contributed by atoms with E-state index in [1.807, 2.05) is 19.2 Å². The van der Waals surface area contributed by atoms with Crippen LogP contribution in [0.4, 0.5) is 0 Å². The van der Waals surface area contributed by atoms with Crippen LogP contribution in [0.1, 0.15) is 56.1 Å². The van der Waals surface area contributed by atoms with Gasteiger partial charge in [-0.2, -0.15) is 0 Å². The van der Waals surface area contributed by atoms with E-state index in [-0.39, 0.29) is 11.1 Å². The summed E-state index contributed by atoms with van der Waals surface area (Å²) in [5.41, 5.74) is 6.63. The maximum absolute atomic E-state index is 11.6. The molecule has 1 aromatic rings. The van der Waals surface area contributed by atoms with Gasteiger partial charge in [-0.25, -0.2) is 0 Å². The number of carbonyl (C=O) groups is 1. The van der Waals surface area contributed by atoms with Gasteiger partial charge < -0.3 is 10.5 Å². The molecule has 0 aromatic carbocycles. The van der Waals surface area contributed by atoms with Crippen molar-refractivity contribution in [2.45, 2.75) is 51.2 Å². The number of primary amides is 1. The van der Waals surface area contributed by atoms with Crippen molar-refractivity contribution in [3.05, 3.63) is 29.6 Å². The molecule has 1 aliphatic carbocycles. The minimum absolute atomic E-state index is 0.157. The molecule has 132 valence electrons. The Morgan fingerprint density at radius 2 is 1.96 bits per heavy atom. The fourth-order valence-corrected chi connectivity index (χ4v) is 4.71. The number of piperidine rings is 1. The molecule has 3 atom stereocenters. The number of rotatable bonds is 3. The minimum atomic E-state index is -0.486. The number of hydrogen-bond donors (Lipinski definition) is 1. The second-order valence-electron chi connectivity index (χ2n) is 8.19. The van der Waals surface area contributed by atoms with E-state index in [4.69, 9.17) is 10.5 Å². The molecule has 0 spiro atoms. The highest BCUT2D eigenvalue weighted by molar-refractivity contribution is 5.90. The quantitative estimate of drug-likeness (QED) is 0.924. The van der Waals surface area contributed by atoms with Gasteiger partial charge in [0, 0.05) is 43.8 Å². The summed E-state index contributed by atoms with van der Waals surface area (Å²) in [7, 11) is 1.81. The van der Waals surface area contributed by atoms with Crippen LogP contribution in [0.25, 0.3) is 0 Å². The fourth-order valence-electron chi connectivity index (χ4n) is 4.71. The summed E-state index contributed by atoms with van der Waals surface area (Å²) in [5.74, 6) is 0.343. The molecule has 24 heavy (non-hydrogen) atoms. The number of likely N-dealkylation sites (tertiary alicyclic amines) is 1. The largest absolute Gasteiger partial charge is 0.373 e. The zero-order chi connectivity index (χ0) is 17.5. The second-order valence-corrected chi connectivity index (χ2v) is 8.19. The van der Waals surface area contributed by atoms with E-state index in [1.54, 1.807) is 6.20 Å². The molecule has 1 saturated carbocycles. The minimum Gasteiger partial charge on any atom is -0.373 e. The van der Waals surface area contributed by atoms with E-state index in [2.05, 4.69) is 30.7 Å². The van der Waals surface area contributed by atoms with Crippen LogP contribution < -0.4 is 5.73 Å². The molecule has 1 saturated heterocycles. The molecule has 1 amide bonds. The third-order valence-electron chi connectivity index (χ3n) is 5.95. The summed E-state index contributed by atoms with van der Waals surface area (Å²) in [4.78, 5) is 18.3. The van der Waals surface area contributed by atoms with E-state index in [0.717, 1.165) is 31.5 Å². The molecule has 2 aliphatic rings. The summed E-state index contributed by atoms with van der Waals surface area (Å²) in [5, 5.41) is 0. The Bertz CT molecular complexity index is 609. The van der Waals surface area contributed by atoms with E-state index in [1.165, 1.54) is 6.42 Å². The van der Waals surface area contributed by atoms with Gasteiger partial charge in [-0.15, -0.1) is 0 Å². The van der Waals surface area contributed by atoms with Crippen LogP contribution >= 0.6 is 0 Å². The lowest BCUT2D eigenvalue weighted by Gasteiger charge is -2.57. The Morgan fingerprint density at radius 1 is 1.33 bits per heavy atom. The highest BCUT2D eigenvalue weighted by Gasteiger charge is 2.54. The number of carbonyl (C=O) groups excluding carboxylic acids is 1. The predicted molar refractivity (Wildman–Crippen MR) is 93.6 cm³/mol. The van der Waals surface area contributed by atoms with Crippen molar-refractivity contribution in [2.24, 2.45) is 17.6 Å². The average molecular weight is 331 g/mol. The third kappa shape index (κ3) is 2.74. The molecule has 2 N–H and O–H groups in total. The lowest BCUT2D eigenvalue weighted by atomic mass is 9.62. The summed E-state index contributed by atoms with van der Waals surface area (Å²) in [6.07, 6.45) is 5.21. The number of hydrogen-bond acceptors (Lipinski definition) is 4. The van der Waals surface area contributed by atoms with Gasteiger partial charge in [0.05, 0.1) is 0 Å². The highest BCUT2D eigenvalue weighted by atomic mass is 16.5. The Hall–Kier alpha value is -1.46. The van der Waals surface area contributed by atoms with Crippen LogP contribution in [0, 0.1) is 11.8 Å². The van der Waals surface area contributed by atoms with E-state index >= 15 is 0 Å². The van der Waals surface area contributed by atoms with Gasteiger partial charge in [-0.3, -0.25) is 14.7 Å². The second kappa shape index (κ2) is 6.12. The Morgan fingerprint density at radius 3 is 2.46 bits per heavy atom. The molecule has 2 bridgehead atoms. The summed E-state index contributed by atoms with van der Waals surface area (Å²) < 4.78 is 6.22. The summed E-state index contributed by atoms with van der Waals surface area (Å²) >= 11 is 0. The van der Waals surface area contributed by atoms with Crippen molar-refractivity contribution in [3.63, 3.8) is 0 Å². The van der Waals surface area contributed by atoms with Crippen LogP contribution in [-0.4, -0.2) is 41.5 Å². The first-order valence-corrected chi connectivity index (χ1v) is 8.85. The van der Waals surface area contributed by atoms with Gasteiger partial charge in [0.1, 0.15) is 11.3 Å². The first-order chi connectivity index (χ1) is 11.3. The van der Waals surface area contributed by atoms with Gasteiger partial charge in [-0.1, -0.05) is 6.42 Å². The van der Waals surface area contributed by atoms with Gasteiger partial charge in [-0.05, 0) is 51.3 Å². The van der Waals surface area contributed by atoms with Crippen molar-refractivity contribution < 1.29 is 9.53 Å². The fraction of sp³-hybridized carbons (Fsp3) is 0.684. The standard InChI is InChI=1S/C19H29N3O2/c1-18(2,3)22-11-14-6-5-7-15(12-22)19(14,24-4)13-8-9-21-16(10-13)17(20)23/h8-10,14-15H,5-7,11-12H2,1-4H3,(H2,20,23)/t14-,15+,19?. The molecule has 3 rings (SSSR count). The maximum atomic E-state index is 11.6. The molecule has 1 unspecified atom stereocenters. The number of amides is 1. The van der Waals surface area contributed by atoms with Crippen LogP contribution in [0.5, 0.6) is 0 Å². The number of aromatic nitrogens is 1. The molecular weight excluding hydrogens is 302 g/mol. The topological polar surface area (TPSA) is 68.5 Å². The van der Waals surface area contributed by atoms with Crippen molar-refractivity contribution in [2.75, 3.05) is 20.2 Å². The molecular formula is C19H29N3O2. The van der Waals surface area contributed by atoms with Crippen LogP contribution in [0.15, 0.2) is 18.3 Å². The third-order valence-corrected chi connectivity index (χ3v) is 5.95. The summed E-state index contributed by atoms with van der Waals surface area (Å²) in [6, 6.07) is 3.83. The van der Waals surface area contributed by atoms with E-state index < -0.39 is 5.91 Å². The monoisotopic (exact) mass is 331 g/mol. The zero-order valence-corrected chi connectivity index (χ0v) is 15.2. The van der Waals surface area contributed by atoms with Gasteiger partial charge in [0.15, 0.2) is 0 Å². The summed E-state index contributed by atoms with van der Waals surface area (Å²) in [6.45, 7) is 8.87. The molecule has 2 heterocycles. The first kappa shape index (κ1) is 17.4. The maximum Gasteiger partial charge on any atom is 0.267 e. The van der Waals surface area contributed by atoms with E-state index in [9.17, 15) is 4.79 Å². The van der Waals surface area contributed by atoms with Crippen molar-refractivity contribution in [1.29, 1.82) is 0 Å². The van der Waals surface area contributed by atoms with Crippen molar-refractivity contribution in [3.8, 4) is 0 Å². The normalized spacial score (nSPS) is 31.0. The number of nitrogens with zero attached hydrogens (tertiary/aromatic N) is 2. The lowest BCUT2D eigenvalue weighted by molar-refractivity contribution is -0.179. The molecule has 5 heteroatoms. The Balaban J connectivity index is 2.03. The van der Waals surface area contributed by atoms with Crippen molar-refractivity contribution in [1.82, 2.24) is 9.88 Å². The van der Waals surface area contributed by atoms with Crippen LogP contribution in [-0.2, 0) is 10.3 Å². The molecule has 1 aliphatic heterocycles. The number of nitrogens with two attached hydrogens (primary N) is 1. The zero-order valence-electron chi connectivity index (χ0n) is 15.2. The molecule has 0 radical (unpaired) electrons. The smallest absolute Gasteiger partial charge is 0.267 e. The highest BCUT2D eigenvalue weighted by Crippen LogP contribution is 2.52. The lowest BCUT2D eigenvalue weighted by Crippen LogP contribution is -2.62. The molecule has 2 fully saturated rings. The van der Waals surface area contributed by atoms with Gasteiger partial charge in [0.25, 0.3) is 5.91 Å². The van der Waals surface area contributed by atoms with E-state index in [0.29, 0.717) is 17.5 Å². The number of fused-ring (bicyclic) bond motifs is 2. The first-order valence-electron chi connectivity index (χ1n) is 8.85. The average Bonchev–Trinajstić information content (AvgIpc) is 2.52. The van der Waals surface area contributed by atoms with Crippen molar-refractivity contribution >= 4 is 5.91 Å². The van der Waals surface area contributed by atoms with Gasteiger partial charge in [0.2, 0.25) is 0 Å². The van der Waals surface area contributed by atoms with Crippen LogP contribution in [0.3, 0.4) is 0 Å². The van der Waals surface area contributed by atoms with Crippen LogP contribution in [0.2, 0.25) is 0 Å².